The van der Waals surface area contributed by atoms with Crippen LogP contribution in [-0.4, -0.2) is 25.3 Å². The molecule has 0 aliphatic heterocycles. The summed E-state index contributed by atoms with van der Waals surface area (Å²) in [4.78, 5) is 13.1. The second-order valence-electron chi connectivity index (χ2n) is 5.31. The van der Waals surface area contributed by atoms with Gasteiger partial charge >= 0.3 is 5.97 Å². The number of fused-ring (bicyclic) bond motifs is 1. The number of alkyl halides is 2. The Hall–Kier alpha value is -1.62. The zero-order valence-electron chi connectivity index (χ0n) is 13.2. The van der Waals surface area contributed by atoms with E-state index in [-0.39, 0.29) is 6.61 Å². The molecule has 2 aromatic rings. The van der Waals surface area contributed by atoms with Crippen LogP contribution in [-0.2, 0) is 9.53 Å². The number of hydrogen-bond acceptors (Lipinski definition) is 3. The molecule has 5 heteroatoms. The van der Waals surface area contributed by atoms with Crippen molar-refractivity contribution in [1.82, 2.24) is 0 Å². The third kappa shape index (κ3) is 4.44. The SMILES string of the molecule is CCCCOC(=O)C(c1ccc2cc(SC)ccc2c1)C(F)F. The largest absolute Gasteiger partial charge is 0.465 e. The molecule has 0 saturated carbocycles. The van der Waals surface area contributed by atoms with Gasteiger partial charge in [-0.2, -0.15) is 0 Å². The average molecular weight is 338 g/mol. The Balaban J connectivity index is 2.28. The fraction of sp³-hybridized carbons (Fsp3) is 0.389. The van der Waals surface area contributed by atoms with Gasteiger partial charge in [0.25, 0.3) is 6.43 Å². The minimum Gasteiger partial charge on any atom is -0.465 e. The number of carbonyl (C=O) groups is 1. The minimum absolute atomic E-state index is 0.184. The topological polar surface area (TPSA) is 26.3 Å². The van der Waals surface area contributed by atoms with E-state index in [0.29, 0.717) is 12.0 Å². The van der Waals surface area contributed by atoms with Gasteiger partial charge in [0.1, 0.15) is 5.92 Å². The van der Waals surface area contributed by atoms with Gasteiger partial charge in [0, 0.05) is 4.90 Å². The fourth-order valence-electron chi connectivity index (χ4n) is 2.35. The lowest BCUT2D eigenvalue weighted by molar-refractivity contribution is -0.149. The van der Waals surface area contributed by atoms with E-state index >= 15 is 0 Å². The number of esters is 1. The molecule has 0 N–H and O–H groups in total. The van der Waals surface area contributed by atoms with Gasteiger partial charge in [-0.05, 0) is 41.1 Å². The Morgan fingerprint density at radius 2 is 1.87 bits per heavy atom. The highest BCUT2D eigenvalue weighted by Crippen LogP contribution is 2.29. The van der Waals surface area contributed by atoms with Crippen LogP contribution in [0, 0.1) is 0 Å². The summed E-state index contributed by atoms with van der Waals surface area (Å²) >= 11 is 1.62. The van der Waals surface area contributed by atoms with Crippen molar-refractivity contribution in [3.05, 3.63) is 42.0 Å². The summed E-state index contributed by atoms with van der Waals surface area (Å²) in [7, 11) is 0. The minimum atomic E-state index is -2.79. The van der Waals surface area contributed by atoms with Crippen molar-refractivity contribution < 1.29 is 18.3 Å². The number of ether oxygens (including phenoxy) is 1. The highest BCUT2D eigenvalue weighted by Gasteiger charge is 2.31. The Labute approximate surface area is 139 Å². The van der Waals surface area contributed by atoms with Crippen molar-refractivity contribution in [2.45, 2.75) is 37.0 Å². The maximum atomic E-state index is 13.4. The summed E-state index contributed by atoms with van der Waals surface area (Å²) in [6, 6.07) is 10.8. The smallest absolute Gasteiger partial charge is 0.319 e. The molecule has 124 valence electrons. The summed E-state index contributed by atoms with van der Waals surface area (Å²) in [5.41, 5.74) is 0.297. The van der Waals surface area contributed by atoms with E-state index in [1.54, 1.807) is 30.0 Å². The van der Waals surface area contributed by atoms with Crippen LogP contribution in [0.4, 0.5) is 8.78 Å². The van der Waals surface area contributed by atoms with Crippen LogP contribution in [0.1, 0.15) is 31.2 Å². The first-order chi connectivity index (χ1) is 11.1. The molecule has 0 fully saturated rings. The van der Waals surface area contributed by atoms with Crippen LogP contribution < -0.4 is 0 Å². The molecule has 0 amide bonds. The molecule has 2 rings (SSSR count). The molecule has 0 aliphatic rings. The zero-order valence-corrected chi connectivity index (χ0v) is 14.0. The van der Waals surface area contributed by atoms with E-state index in [2.05, 4.69) is 0 Å². The summed E-state index contributed by atoms with van der Waals surface area (Å²) in [5.74, 6) is -2.38. The lowest BCUT2D eigenvalue weighted by Gasteiger charge is -2.16. The van der Waals surface area contributed by atoms with Crippen molar-refractivity contribution in [3.63, 3.8) is 0 Å². The second kappa shape index (κ2) is 8.29. The van der Waals surface area contributed by atoms with Crippen LogP contribution in [0.15, 0.2) is 41.3 Å². The summed E-state index contributed by atoms with van der Waals surface area (Å²) in [6.07, 6.45) is 0.721. The molecule has 2 nitrogen and oxygen atoms in total. The number of carbonyl (C=O) groups excluding carboxylic acids is 1. The molecule has 0 saturated heterocycles. The van der Waals surface area contributed by atoms with Crippen LogP contribution in [0.2, 0.25) is 0 Å². The van der Waals surface area contributed by atoms with Crippen LogP contribution in [0.25, 0.3) is 10.8 Å². The van der Waals surface area contributed by atoms with E-state index in [1.807, 2.05) is 31.4 Å². The molecular formula is C18H20F2O2S. The molecule has 0 radical (unpaired) electrons. The van der Waals surface area contributed by atoms with Crippen molar-refractivity contribution in [2.24, 2.45) is 0 Å². The Bertz CT molecular complexity index is 673. The third-order valence-corrected chi connectivity index (χ3v) is 4.40. The monoisotopic (exact) mass is 338 g/mol. The molecule has 0 spiro atoms. The maximum absolute atomic E-state index is 13.4. The number of unbranched alkanes of at least 4 members (excludes halogenated alkanes) is 1. The van der Waals surface area contributed by atoms with Gasteiger partial charge in [0.2, 0.25) is 0 Å². The van der Waals surface area contributed by atoms with Crippen molar-refractivity contribution >= 4 is 28.5 Å². The lowest BCUT2D eigenvalue weighted by atomic mass is 9.96. The van der Waals surface area contributed by atoms with Crippen LogP contribution >= 0.6 is 11.8 Å². The third-order valence-electron chi connectivity index (χ3n) is 3.68. The zero-order chi connectivity index (χ0) is 16.8. The van der Waals surface area contributed by atoms with E-state index in [9.17, 15) is 13.6 Å². The molecule has 23 heavy (non-hydrogen) atoms. The summed E-state index contributed by atoms with van der Waals surface area (Å²) in [6.45, 7) is 2.13. The van der Waals surface area contributed by atoms with Gasteiger partial charge in [-0.15, -0.1) is 11.8 Å². The van der Waals surface area contributed by atoms with Crippen LogP contribution in [0.3, 0.4) is 0 Å². The standard InChI is InChI=1S/C18H20F2O2S/c1-3-4-9-22-18(21)16(17(19)20)14-6-5-13-11-15(23-2)8-7-12(13)10-14/h5-8,10-11,16-17H,3-4,9H2,1-2H3. The first-order valence-corrected chi connectivity index (χ1v) is 8.81. The van der Waals surface area contributed by atoms with Crippen molar-refractivity contribution in [1.29, 1.82) is 0 Å². The molecule has 0 aromatic heterocycles. The molecule has 0 heterocycles. The Morgan fingerprint density at radius 1 is 1.17 bits per heavy atom. The summed E-state index contributed by atoms with van der Waals surface area (Å²) in [5, 5.41) is 1.81. The fourth-order valence-corrected chi connectivity index (χ4v) is 2.80. The number of benzene rings is 2. The predicted molar refractivity (Wildman–Crippen MR) is 90.3 cm³/mol. The number of rotatable bonds is 7. The van der Waals surface area contributed by atoms with Crippen molar-refractivity contribution in [3.8, 4) is 0 Å². The van der Waals surface area contributed by atoms with Gasteiger partial charge in [-0.25, -0.2) is 8.78 Å². The Kier molecular flexibility index (Phi) is 6.39. The molecule has 1 atom stereocenters. The maximum Gasteiger partial charge on any atom is 0.319 e. The van der Waals surface area contributed by atoms with Gasteiger partial charge in [0.05, 0.1) is 6.61 Å². The highest BCUT2D eigenvalue weighted by atomic mass is 32.2. The molecule has 0 bridgehead atoms. The highest BCUT2D eigenvalue weighted by molar-refractivity contribution is 7.98. The molecular weight excluding hydrogens is 318 g/mol. The summed E-state index contributed by atoms with van der Waals surface area (Å²) < 4.78 is 31.7. The molecule has 1 unspecified atom stereocenters. The van der Waals surface area contributed by atoms with Gasteiger partial charge in [0.15, 0.2) is 0 Å². The molecule has 2 aromatic carbocycles. The first-order valence-electron chi connectivity index (χ1n) is 7.59. The molecule has 0 aliphatic carbocycles. The lowest BCUT2D eigenvalue weighted by Crippen LogP contribution is -2.23. The Morgan fingerprint density at radius 3 is 2.52 bits per heavy atom. The first kappa shape index (κ1) is 17.7. The quantitative estimate of drug-likeness (QED) is 0.392. The normalized spacial score (nSPS) is 12.6. The second-order valence-corrected chi connectivity index (χ2v) is 6.19. The number of halogens is 2. The van der Waals surface area contributed by atoms with Gasteiger partial charge in [-0.3, -0.25) is 4.79 Å². The average Bonchev–Trinajstić information content (AvgIpc) is 2.54. The van der Waals surface area contributed by atoms with Gasteiger partial charge < -0.3 is 4.74 Å². The predicted octanol–water partition coefficient (Wildman–Crippen LogP) is 5.25. The van der Waals surface area contributed by atoms with E-state index in [1.165, 1.54) is 0 Å². The van der Waals surface area contributed by atoms with E-state index < -0.39 is 18.3 Å². The van der Waals surface area contributed by atoms with Crippen LogP contribution in [0.5, 0.6) is 0 Å². The van der Waals surface area contributed by atoms with E-state index in [0.717, 1.165) is 22.1 Å². The number of hydrogen-bond donors (Lipinski definition) is 0. The number of thioether (sulfide) groups is 1. The van der Waals surface area contributed by atoms with Gasteiger partial charge in [-0.1, -0.05) is 37.6 Å². The van der Waals surface area contributed by atoms with E-state index in [4.69, 9.17) is 4.74 Å². The van der Waals surface area contributed by atoms with Crippen molar-refractivity contribution in [2.75, 3.05) is 12.9 Å².